The van der Waals surface area contributed by atoms with Gasteiger partial charge >= 0.3 is 0 Å². The summed E-state index contributed by atoms with van der Waals surface area (Å²) in [5.41, 5.74) is 0.969. The van der Waals surface area contributed by atoms with Crippen LogP contribution in [0.15, 0.2) is 23.6 Å². The molecule has 0 saturated carbocycles. The van der Waals surface area contributed by atoms with Crippen LogP contribution in [0.5, 0.6) is 0 Å². The third-order valence-electron chi connectivity index (χ3n) is 4.57. The monoisotopic (exact) mass is 375 g/mol. The van der Waals surface area contributed by atoms with Crippen LogP contribution in [0.3, 0.4) is 0 Å². The van der Waals surface area contributed by atoms with Crippen LogP contribution in [0.2, 0.25) is 0 Å². The summed E-state index contributed by atoms with van der Waals surface area (Å²) in [6, 6.07) is 6.10. The second-order valence-electron chi connectivity index (χ2n) is 6.44. The van der Waals surface area contributed by atoms with Crippen molar-refractivity contribution in [3.63, 3.8) is 0 Å². The quantitative estimate of drug-likeness (QED) is 0.681. The minimum Gasteiger partial charge on any atom is -0.376 e. The molecule has 0 bridgehead atoms. The molecule has 1 fully saturated rings. The van der Waals surface area contributed by atoms with Crippen molar-refractivity contribution in [2.24, 2.45) is 7.05 Å². The van der Waals surface area contributed by atoms with Gasteiger partial charge in [-0.1, -0.05) is 6.07 Å². The van der Waals surface area contributed by atoms with Gasteiger partial charge in [0.05, 0.1) is 23.2 Å². The third-order valence-corrected chi connectivity index (χ3v) is 6.62. The van der Waals surface area contributed by atoms with Crippen molar-refractivity contribution >= 4 is 38.8 Å². The lowest BCUT2D eigenvalue weighted by atomic mass is 10.2. The molecule has 25 heavy (non-hydrogen) atoms. The zero-order chi connectivity index (χ0) is 17.4. The molecule has 4 heterocycles. The summed E-state index contributed by atoms with van der Waals surface area (Å²) in [5, 5.41) is 7.55. The summed E-state index contributed by atoms with van der Waals surface area (Å²) in [4.78, 5) is 18.2. The number of thiophene rings is 2. The molecule has 0 aromatic carbocycles. The minimum atomic E-state index is 0.0875. The molecule has 0 radical (unpaired) electrons. The average Bonchev–Trinajstić information content (AvgIpc) is 3.35. The summed E-state index contributed by atoms with van der Waals surface area (Å²) in [6.45, 7) is 4.09. The Hall–Kier alpha value is -1.70. The maximum absolute atomic E-state index is 13.2. The number of rotatable bonds is 5. The van der Waals surface area contributed by atoms with E-state index in [9.17, 15) is 4.79 Å². The fourth-order valence-electron chi connectivity index (χ4n) is 3.31. The first-order valence-corrected chi connectivity index (χ1v) is 10.2. The number of carbonyl (C=O) groups is 1. The number of aryl methyl sites for hydroxylation is 2. The summed E-state index contributed by atoms with van der Waals surface area (Å²) < 4.78 is 7.63. The Morgan fingerprint density at radius 2 is 2.40 bits per heavy atom. The van der Waals surface area contributed by atoms with E-state index in [4.69, 9.17) is 4.74 Å². The van der Waals surface area contributed by atoms with Crippen molar-refractivity contribution in [3.05, 3.63) is 39.0 Å². The maximum Gasteiger partial charge on any atom is 0.264 e. The number of amides is 1. The van der Waals surface area contributed by atoms with Gasteiger partial charge < -0.3 is 9.64 Å². The lowest BCUT2D eigenvalue weighted by molar-refractivity contribution is 0.0513. The molecule has 3 aromatic heterocycles. The van der Waals surface area contributed by atoms with Gasteiger partial charge in [0, 0.05) is 30.5 Å². The third kappa shape index (κ3) is 3.36. The van der Waals surface area contributed by atoms with Crippen LogP contribution >= 0.6 is 22.7 Å². The molecule has 1 amide bonds. The van der Waals surface area contributed by atoms with Gasteiger partial charge in [0.25, 0.3) is 5.91 Å². The van der Waals surface area contributed by atoms with Crippen molar-refractivity contribution in [3.8, 4) is 0 Å². The van der Waals surface area contributed by atoms with E-state index >= 15 is 0 Å². The highest BCUT2D eigenvalue weighted by Crippen LogP contribution is 2.29. The van der Waals surface area contributed by atoms with Gasteiger partial charge in [0.2, 0.25) is 0 Å². The predicted molar refractivity (Wildman–Crippen MR) is 101 cm³/mol. The van der Waals surface area contributed by atoms with Crippen LogP contribution in [-0.2, 0) is 18.3 Å². The standard InChI is InChI=1S/C18H21N3O2S2/c1-12-15-9-16(25-18(15)20(2)19-12)17(22)21(10-13-5-3-7-23-13)11-14-6-4-8-24-14/h4,6,8-9,13H,3,5,7,10-11H2,1-2H3. The Kier molecular flexibility index (Phi) is 4.62. The summed E-state index contributed by atoms with van der Waals surface area (Å²) in [7, 11) is 1.93. The van der Waals surface area contributed by atoms with E-state index in [0.717, 1.165) is 40.2 Å². The van der Waals surface area contributed by atoms with Gasteiger partial charge in [-0.3, -0.25) is 9.48 Å². The number of ether oxygens (including phenoxy) is 1. The second-order valence-corrected chi connectivity index (χ2v) is 8.50. The molecular weight excluding hydrogens is 354 g/mol. The van der Waals surface area contributed by atoms with Crippen LogP contribution < -0.4 is 0 Å². The Bertz CT molecular complexity index is 841. The van der Waals surface area contributed by atoms with E-state index in [-0.39, 0.29) is 12.0 Å². The molecular formula is C18H21N3O2S2. The van der Waals surface area contributed by atoms with Gasteiger partial charge in [-0.15, -0.1) is 22.7 Å². The predicted octanol–water partition coefficient (Wildman–Crippen LogP) is 3.83. The molecule has 7 heteroatoms. The van der Waals surface area contributed by atoms with Crippen LogP contribution in [-0.4, -0.2) is 39.8 Å². The number of carbonyl (C=O) groups excluding carboxylic acids is 1. The molecule has 0 aliphatic carbocycles. The summed E-state index contributed by atoms with van der Waals surface area (Å²) in [5.74, 6) is 0.0875. The van der Waals surface area contributed by atoms with Gasteiger partial charge in [0.1, 0.15) is 4.83 Å². The zero-order valence-corrected chi connectivity index (χ0v) is 16.0. The second kappa shape index (κ2) is 6.90. The number of hydrogen-bond donors (Lipinski definition) is 0. The molecule has 1 unspecified atom stereocenters. The van der Waals surface area contributed by atoms with Crippen LogP contribution in [0.25, 0.3) is 10.2 Å². The van der Waals surface area contributed by atoms with Gasteiger partial charge in [-0.2, -0.15) is 5.10 Å². The average molecular weight is 376 g/mol. The van der Waals surface area contributed by atoms with Crippen molar-refractivity contribution in [1.82, 2.24) is 14.7 Å². The van der Waals surface area contributed by atoms with Gasteiger partial charge in [-0.05, 0) is 37.3 Å². The smallest absolute Gasteiger partial charge is 0.264 e. The molecule has 132 valence electrons. The van der Waals surface area contributed by atoms with E-state index < -0.39 is 0 Å². The van der Waals surface area contributed by atoms with E-state index in [1.807, 2.05) is 35.7 Å². The fourth-order valence-corrected chi connectivity index (χ4v) is 5.12. The van der Waals surface area contributed by atoms with E-state index in [0.29, 0.717) is 13.1 Å². The largest absolute Gasteiger partial charge is 0.376 e. The molecule has 1 atom stereocenters. The molecule has 0 N–H and O–H groups in total. The number of fused-ring (bicyclic) bond motifs is 1. The Morgan fingerprint density at radius 3 is 3.08 bits per heavy atom. The first-order chi connectivity index (χ1) is 12.1. The Labute approximate surface area is 154 Å². The molecule has 1 aliphatic rings. The highest BCUT2D eigenvalue weighted by molar-refractivity contribution is 7.20. The van der Waals surface area contributed by atoms with E-state index in [2.05, 4.69) is 16.5 Å². The van der Waals surface area contributed by atoms with Crippen LogP contribution in [0.4, 0.5) is 0 Å². The zero-order valence-electron chi connectivity index (χ0n) is 14.4. The maximum atomic E-state index is 13.2. The van der Waals surface area contributed by atoms with Crippen LogP contribution in [0, 0.1) is 6.92 Å². The summed E-state index contributed by atoms with van der Waals surface area (Å²) in [6.07, 6.45) is 2.27. The topological polar surface area (TPSA) is 47.4 Å². The van der Waals surface area contributed by atoms with E-state index in [1.54, 1.807) is 11.3 Å². The first kappa shape index (κ1) is 16.8. The summed E-state index contributed by atoms with van der Waals surface area (Å²) >= 11 is 3.21. The highest BCUT2D eigenvalue weighted by atomic mass is 32.1. The number of nitrogens with zero attached hydrogens (tertiary/aromatic N) is 3. The van der Waals surface area contributed by atoms with Gasteiger partial charge in [0.15, 0.2) is 0 Å². The lowest BCUT2D eigenvalue weighted by Crippen LogP contribution is -2.36. The first-order valence-electron chi connectivity index (χ1n) is 8.48. The number of aromatic nitrogens is 2. The normalized spacial score (nSPS) is 17.4. The van der Waals surface area contributed by atoms with Crippen molar-refractivity contribution in [1.29, 1.82) is 0 Å². The Morgan fingerprint density at radius 1 is 1.52 bits per heavy atom. The minimum absolute atomic E-state index is 0.0875. The molecule has 4 rings (SSSR count). The Balaban J connectivity index is 1.61. The highest BCUT2D eigenvalue weighted by Gasteiger charge is 2.25. The molecule has 3 aromatic rings. The van der Waals surface area contributed by atoms with Crippen molar-refractivity contribution in [2.45, 2.75) is 32.4 Å². The molecule has 1 aliphatic heterocycles. The van der Waals surface area contributed by atoms with Crippen molar-refractivity contribution in [2.75, 3.05) is 13.2 Å². The fraction of sp³-hybridized carbons (Fsp3) is 0.444. The SMILES string of the molecule is Cc1nn(C)c2sc(C(=O)N(Cc3cccs3)CC3CCCO3)cc12. The van der Waals surface area contributed by atoms with Crippen molar-refractivity contribution < 1.29 is 9.53 Å². The van der Waals surface area contributed by atoms with Gasteiger partial charge in [-0.25, -0.2) is 0 Å². The molecule has 1 saturated heterocycles. The van der Waals surface area contributed by atoms with E-state index in [1.165, 1.54) is 16.2 Å². The number of hydrogen-bond acceptors (Lipinski definition) is 5. The lowest BCUT2D eigenvalue weighted by Gasteiger charge is -2.24. The molecule has 5 nitrogen and oxygen atoms in total. The van der Waals surface area contributed by atoms with Crippen LogP contribution in [0.1, 0.15) is 33.1 Å². The molecule has 0 spiro atoms.